The fourth-order valence-electron chi connectivity index (χ4n) is 0.942. The Balaban J connectivity index is 2.87. The number of hydrogen-bond donors (Lipinski definition) is 1. The summed E-state index contributed by atoms with van der Waals surface area (Å²) in [5, 5.41) is 7.56. The summed E-state index contributed by atoms with van der Waals surface area (Å²) in [6.45, 7) is 4.44. The van der Waals surface area contributed by atoms with E-state index in [1.165, 1.54) is 0 Å². The van der Waals surface area contributed by atoms with Gasteiger partial charge in [-0.1, -0.05) is 9.24 Å². The van der Waals surface area contributed by atoms with E-state index in [2.05, 4.69) is 9.24 Å². The highest BCUT2D eigenvalue weighted by atomic mass is 32.1. The molecule has 1 aromatic heterocycles. The first-order valence-corrected chi connectivity index (χ1v) is 5.12. The molecule has 2 nitrogen and oxygen atoms in total. The van der Waals surface area contributed by atoms with Crippen molar-refractivity contribution in [2.75, 3.05) is 6.61 Å². The molecular formula is C8H12NOPS. The summed E-state index contributed by atoms with van der Waals surface area (Å²) in [6, 6.07) is 2.04. The highest BCUT2D eigenvalue weighted by molar-refractivity contribution is 7.43. The molecule has 0 spiro atoms. The lowest BCUT2D eigenvalue weighted by Gasteiger charge is -2.02. The van der Waals surface area contributed by atoms with Crippen molar-refractivity contribution in [1.29, 1.82) is 5.41 Å². The molecule has 1 N–H and O–H groups in total. The van der Waals surface area contributed by atoms with E-state index in [1.54, 1.807) is 11.3 Å². The van der Waals surface area contributed by atoms with Gasteiger partial charge in [0.15, 0.2) is 0 Å². The average molecular weight is 201 g/mol. The van der Waals surface area contributed by atoms with Gasteiger partial charge >= 0.3 is 0 Å². The third-order valence-electron chi connectivity index (χ3n) is 1.43. The van der Waals surface area contributed by atoms with Crippen LogP contribution in [0.5, 0.6) is 0 Å². The van der Waals surface area contributed by atoms with Crippen molar-refractivity contribution in [2.24, 2.45) is 0 Å². The van der Waals surface area contributed by atoms with Crippen molar-refractivity contribution in [3.05, 3.63) is 16.5 Å². The molecule has 0 radical (unpaired) electrons. The van der Waals surface area contributed by atoms with Gasteiger partial charge in [-0.15, -0.1) is 11.3 Å². The molecule has 1 rings (SSSR count). The van der Waals surface area contributed by atoms with E-state index < -0.39 is 0 Å². The number of aryl methyl sites for hydroxylation is 1. The van der Waals surface area contributed by atoms with Gasteiger partial charge in [-0.3, -0.25) is 5.41 Å². The van der Waals surface area contributed by atoms with Gasteiger partial charge in [0.2, 0.25) is 5.90 Å². The summed E-state index contributed by atoms with van der Waals surface area (Å²) in [5.74, 6) is 0.286. The molecule has 1 unspecified atom stereocenters. The lowest BCUT2D eigenvalue weighted by Crippen LogP contribution is -2.03. The third kappa shape index (κ3) is 2.05. The third-order valence-corrected chi connectivity index (χ3v) is 3.02. The molecule has 4 heteroatoms. The minimum atomic E-state index is 0.286. The first-order chi connectivity index (χ1) is 5.65. The van der Waals surface area contributed by atoms with Crippen molar-refractivity contribution >= 4 is 31.1 Å². The van der Waals surface area contributed by atoms with Gasteiger partial charge < -0.3 is 4.74 Å². The van der Waals surface area contributed by atoms with Gasteiger partial charge in [-0.25, -0.2) is 0 Å². The first-order valence-electron chi connectivity index (χ1n) is 3.72. The summed E-state index contributed by atoms with van der Waals surface area (Å²) in [5.41, 5.74) is 1.11. The molecule has 1 atom stereocenters. The van der Waals surface area contributed by atoms with E-state index in [4.69, 9.17) is 10.1 Å². The summed E-state index contributed by atoms with van der Waals surface area (Å²) < 4.78 is 6.25. The summed E-state index contributed by atoms with van der Waals surface area (Å²) >= 11 is 1.58. The molecule has 0 aliphatic rings. The van der Waals surface area contributed by atoms with Crippen LogP contribution >= 0.6 is 20.6 Å². The number of nitrogens with one attached hydrogen (secondary N) is 1. The monoisotopic (exact) mass is 201 g/mol. The van der Waals surface area contributed by atoms with E-state index in [-0.39, 0.29) is 5.90 Å². The van der Waals surface area contributed by atoms with Crippen LogP contribution in [0.25, 0.3) is 0 Å². The zero-order valence-electron chi connectivity index (χ0n) is 7.18. The Morgan fingerprint density at radius 1 is 1.75 bits per heavy atom. The molecule has 0 bridgehead atoms. The minimum absolute atomic E-state index is 0.286. The normalized spacial score (nSPS) is 9.92. The Hall–Kier alpha value is -0.400. The van der Waals surface area contributed by atoms with Gasteiger partial charge in [0, 0.05) is 4.62 Å². The predicted octanol–water partition coefficient (Wildman–Crippen LogP) is 1.92. The quantitative estimate of drug-likeness (QED) is 0.442. The van der Waals surface area contributed by atoms with Crippen molar-refractivity contribution in [2.45, 2.75) is 13.8 Å². The summed E-state index contributed by atoms with van der Waals surface area (Å²) in [4.78, 5) is 0.932. The van der Waals surface area contributed by atoms with Crippen LogP contribution in [-0.4, -0.2) is 12.5 Å². The Bertz CT molecular complexity index is 295. The molecule has 0 amide bonds. The SMILES string of the molecule is CCOC(=N)c1sc(P)cc1C. The highest BCUT2D eigenvalue weighted by Gasteiger charge is 2.08. The molecule has 1 heterocycles. The van der Waals surface area contributed by atoms with Crippen LogP contribution in [-0.2, 0) is 4.74 Å². The largest absolute Gasteiger partial charge is 0.477 e. The van der Waals surface area contributed by atoms with Crippen LogP contribution in [0.4, 0.5) is 0 Å². The number of rotatable bonds is 2. The van der Waals surface area contributed by atoms with Crippen LogP contribution in [0, 0.1) is 12.3 Å². The Morgan fingerprint density at radius 3 is 2.83 bits per heavy atom. The molecule has 0 aliphatic carbocycles. The highest BCUT2D eigenvalue weighted by Crippen LogP contribution is 2.16. The van der Waals surface area contributed by atoms with Crippen LogP contribution < -0.4 is 4.62 Å². The zero-order valence-corrected chi connectivity index (χ0v) is 9.15. The number of ether oxygens (including phenoxy) is 1. The van der Waals surface area contributed by atoms with Gasteiger partial charge in [0.1, 0.15) is 0 Å². The number of thiophene rings is 1. The van der Waals surface area contributed by atoms with E-state index >= 15 is 0 Å². The lowest BCUT2D eigenvalue weighted by molar-refractivity contribution is 0.326. The van der Waals surface area contributed by atoms with Gasteiger partial charge in [0.25, 0.3) is 0 Å². The molecule has 12 heavy (non-hydrogen) atoms. The second-order valence-electron chi connectivity index (χ2n) is 2.42. The van der Waals surface area contributed by atoms with Gasteiger partial charge in [-0.05, 0) is 25.5 Å². The second kappa shape index (κ2) is 4.01. The summed E-state index contributed by atoms with van der Waals surface area (Å²) in [6.07, 6.45) is 0. The molecule has 0 aliphatic heterocycles. The second-order valence-corrected chi connectivity index (χ2v) is 4.55. The molecular weight excluding hydrogens is 189 g/mol. The van der Waals surface area contributed by atoms with E-state index in [1.807, 2.05) is 19.9 Å². The molecule has 66 valence electrons. The maximum atomic E-state index is 7.56. The van der Waals surface area contributed by atoms with Crippen molar-refractivity contribution in [3.8, 4) is 0 Å². The van der Waals surface area contributed by atoms with E-state index in [0.717, 1.165) is 15.1 Å². The first kappa shape index (κ1) is 9.69. The topological polar surface area (TPSA) is 33.1 Å². The molecule has 0 saturated heterocycles. The molecule has 0 fully saturated rings. The smallest absolute Gasteiger partial charge is 0.223 e. The molecule has 0 aromatic carbocycles. The lowest BCUT2D eigenvalue weighted by atomic mass is 10.3. The Morgan fingerprint density at radius 2 is 2.42 bits per heavy atom. The van der Waals surface area contributed by atoms with Crippen molar-refractivity contribution in [3.63, 3.8) is 0 Å². The van der Waals surface area contributed by atoms with Gasteiger partial charge in [-0.2, -0.15) is 0 Å². The minimum Gasteiger partial charge on any atom is -0.477 e. The predicted molar refractivity (Wildman–Crippen MR) is 56.9 cm³/mol. The van der Waals surface area contributed by atoms with Crippen LogP contribution in [0.3, 0.4) is 0 Å². The fourth-order valence-corrected chi connectivity index (χ4v) is 2.39. The Kier molecular flexibility index (Phi) is 3.24. The van der Waals surface area contributed by atoms with Crippen molar-refractivity contribution in [1.82, 2.24) is 0 Å². The maximum Gasteiger partial charge on any atom is 0.223 e. The summed E-state index contributed by atoms with van der Waals surface area (Å²) in [7, 11) is 2.63. The maximum absolute atomic E-state index is 7.56. The van der Waals surface area contributed by atoms with Crippen LogP contribution in [0.15, 0.2) is 6.07 Å². The van der Waals surface area contributed by atoms with Crippen LogP contribution in [0.2, 0.25) is 0 Å². The number of hydrogen-bond acceptors (Lipinski definition) is 3. The Labute approximate surface area is 78.7 Å². The molecule has 0 saturated carbocycles. The van der Waals surface area contributed by atoms with E-state index in [9.17, 15) is 0 Å². The fraction of sp³-hybridized carbons (Fsp3) is 0.375. The molecule has 1 aromatic rings. The average Bonchev–Trinajstić information content (AvgIpc) is 2.30. The van der Waals surface area contributed by atoms with E-state index in [0.29, 0.717) is 6.61 Å². The van der Waals surface area contributed by atoms with Gasteiger partial charge in [0.05, 0.1) is 11.5 Å². The van der Waals surface area contributed by atoms with Crippen LogP contribution in [0.1, 0.15) is 17.4 Å². The zero-order chi connectivity index (χ0) is 9.14. The van der Waals surface area contributed by atoms with Crippen molar-refractivity contribution < 1.29 is 4.74 Å². The standard InChI is InChI=1S/C8H12NOPS/c1-3-10-8(9)7-5(2)4-6(11)12-7/h4,9H,3,11H2,1-2H3.